The molecule has 208 valence electrons. The van der Waals surface area contributed by atoms with E-state index in [1.165, 1.54) is 0 Å². The van der Waals surface area contributed by atoms with Crippen molar-refractivity contribution in [3.05, 3.63) is 90.2 Å². The normalized spacial score (nSPS) is 14.2. The fourth-order valence-electron chi connectivity index (χ4n) is 3.98. The molecule has 11 heteroatoms. The lowest BCUT2D eigenvalue weighted by Gasteiger charge is -2.16. The number of halogens is 3. The molecular weight excluding hydrogens is 639 g/mol. The first-order valence-corrected chi connectivity index (χ1v) is 14.6. The predicted octanol–water partition coefficient (Wildman–Crippen LogP) is 8.03. The van der Waals surface area contributed by atoms with E-state index in [1.807, 2.05) is 39.0 Å². The summed E-state index contributed by atoms with van der Waals surface area (Å²) in [5.74, 6) is -0.0928. The molecule has 0 saturated carbocycles. The molecule has 1 saturated heterocycles. The Balaban J connectivity index is 1.51. The van der Waals surface area contributed by atoms with Gasteiger partial charge < -0.3 is 14.8 Å². The van der Waals surface area contributed by atoms with Crippen LogP contribution in [0.4, 0.5) is 10.5 Å². The number of rotatable bonds is 9. The van der Waals surface area contributed by atoms with E-state index < -0.39 is 17.1 Å². The summed E-state index contributed by atoms with van der Waals surface area (Å²) in [6.45, 7) is 5.77. The maximum Gasteiger partial charge on any atom is 0.294 e. The molecule has 0 aromatic heterocycles. The number of benzene rings is 3. The molecule has 3 amide bonds. The minimum atomic E-state index is -0.543. The fraction of sp³-hybridized carbons (Fsp3) is 0.207. The van der Waals surface area contributed by atoms with Crippen LogP contribution < -0.4 is 14.8 Å². The molecule has 3 aromatic rings. The van der Waals surface area contributed by atoms with Crippen molar-refractivity contribution in [1.29, 1.82) is 0 Å². The zero-order valence-corrected chi connectivity index (χ0v) is 25.8. The maximum atomic E-state index is 13.1. The number of amides is 3. The predicted molar refractivity (Wildman–Crippen MR) is 163 cm³/mol. The van der Waals surface area contributed by atoms with Crippen molar-refractivity contribution in [3.8, 4) is 11.5 Å². The van der Waals surface area contributed by atoms with Gasteiger partial charge in [0.15, 0.2) is 11.5 Å². The summed E-state index contributed by atoms with van der Waals surface area (Å²) < 4.78 is 12.4. The summed E-state index contributed by atoms with van der Waals surface area (Å²) in [4.78, 5) is 39.5. The fourth-order valence-corrected chi connectivity index (χ4v) is 5.86. The summed E-state index contributed by atoms with van der Waals surface area (Å²) in [6, 6.07) is 14.3. The van der Waals surface area contributed by atoms with Gasteiger partial charge in [0.2, 0.25) is 5.91 Å². The van der Waals surface area contributed by atoms with E-state index in [9.17, 15) is 14.4 Å². The van der Waals surface area contributed by atoms with Crippen molar-refractivity contribution >= 4 is 79.7 Å². The van der Waals surface area contributed by atoms with E-state index in [0.29, 0.717) is 43.9 Å². The molecule has 0 unspecified atom stereocenters. The number of carbonyl (C=O) groups excluding carboxylic acids is 3. The first kappa shape index (κ1) is 30.0. The van der Waals surface area contributed by atoms with E-state index in [2.05, 4.69) is 21.2 Å². The van der Waals surface area contributed by atoms with Gasteiger partial charge >= 0.3 is 0 Å². The van der Waals surface area contributed by atoms with Crippen molar-refractivity contribution < 1.29 is 23.9 Å². The van der Waals surface area contributed by atoms with Crippen molar-refractivity contribution in [3.63, 3.8) is 0 Å². The van der Waals surface area contributed by atoms with Gasteiger partial charge in [-0.3, -0.25) is 19.3 Å². The number of ether oxygens (including phenoxy) is 2. The number of nitrogens with zero attached hydrogens (tertiary/aromatic N) is 1. The van der Waals surface area contributed by atoms with Crippen LogP contribution in [0.25, 0.3) is 6.08 Å². The van der Waals surface area contributed by atoms with Crippen LogP contribution >= 0.6 is 50.9 Å². The number of nitrogens with one attached hydrogen (secondary N) is 1. The van der Waals surface area contributed by atoms with Crippen LogP contribution in [0.1, 0.15) is 29.2 Å². The van der Waals surface area contributed by atoms with Crippen molar-refractivity contribution in [2.75, 3.05) is 18.5 Å². The highest BCUT2D eigenvalue weighted by Gasteiger charge is 2.36. The third-order valence-electron chi connectivity index (χ3n) is 5.94. The Bertz CT molecular complexity index is 1510. The van der Waals surface area contributed by atoms with E-state index >= 15 is 0 Å². The number of anilines is 1. The molecule has 4 rings (SSSR count). The molecule has 0 atom stereocenters. The van der Waals surface area contributed by atoms with Gasteiger partial charge in [-0.25, -0.2) is 0 Å². The van der Waals surface area contributed by atoms with Crippen LogP contribution in [0.2, 0.25) is 10.0 Å². The summed E-state index contributed by atoms with van der Waals surface area (Å²) in [7, 11) is 0. The molecular formula is C29H25BrCl2N2O5S. The molecule has 0 spiro atoms. The highest BCUT2D eigenvalue weighted by molar-refractivity contribution is 9.10. The van der Waals surface area contributed by atoms with Crippen molar-refractivity contribution in [1.82, 2.24) is 4.90 Å². The Morgan fingerprint density at radius 3 is 2.48 bits per heavy atom. The van der Waals surface area contributed by atoms with E-state index in [0.717, 1.165) is 33.4 Å². The molecule has 1 aliphatic heterocycles. The maximum absolute atomic E-state index is 13.1. The third kappa shape index (κ3) is 7.01. The minimum absolute atomic E-state index is 0.178. The topological polar surface area (TPSA) is 84.9 Å². The highest BCUT2D eigenvalue weighted by atomic mass is 79.9. The summed E-state index contributed by atoms with van der Waals surface area (Å²) in [5, 5.41) is 3.31. The Kier molecular flexibility index (Phi) is 9.84. The largest absolute Gasteiger partial charge is 0.490 e. The van der Waals surface area contributed by atoms with Gasteiger partial charge in [-0.1, -0.05) is 47.5 Å². The number of hydrogen-bond donors (Lipinski definition) is 1. The van der Waals surface area contributed by atoms with E-state index in [-0.39, 0.29) is 18.1 Å². The number of carbonyl (C=O) groups is 3. The van der Waals surface area contributed by atoms with Crippen LogP contribution in [0, 0.1) is 13.8 Å². The monoisotopic (exact) mass is 662 g/mol. The van der Waals surface area contributed by atoms with Gasteiger partial charge in [-0.05, 0) is 95.5 Å². The van der Waals surface area contributed by atoms with Crippen LogP contribution in [0.15, 0.2) is 57.9 Å². The minimum Gasteiger partial charge on any atom is -0.490 e. The van der Waals surface area contributed by atoms with E-state index in [4.69, 9.17) is 32.7 Å². The average molecular weight is 664 g/mol. The first-order chi connectivity index (χ1) is 19.1. The second kappa shape index (κ2) is 13.1. The van der Waals surface area contributed by atoms with Crippen LogP contribution in [0.3, 0.4) is 0 Å². The lowest BCUT2D eigenvalue weighted by molar-refractivity contribution is -0.127. The zero-order chi connectivity index (χ0) is 29.0. The number of para-hydroxylation sites is 1. The molecule has 3 aromatic carbocycles. The lowest BCUT2D eigenvalue weighted by Crippen LogP contribution is -2.36. The number of aryl methyl sites for hydroxylation is 2. The molecule has 1 N–H and O–H groups in total. The number of hydrogen-bond acceptors (Lipinski definition) is 6. The molecule has 0 radical (unpaired) electrons. The molecule has 1 aliphatic rings. The zero-order valence-electron chi connectivity index (χ0n) is 21.8. The van der Waals surface area contributed by atoms with Gasteiger partial charge in [0.1, 0.15) is 13.2 Å². The number of thioether (sulfide) groups is 1. The quantitative estimate of drug-likeness (QED) is 0.233. The highest BCUT2D eigenvalue weighted by Crippen LogP contribution is 2.40. The molecule has 7 nitrogen and oxygen atoms in total. The van der Waals surface area contributed by atoms with Crippen LogP contribution in [-0.2, 0) is 16.2 Å². The number of imide groups is 1. The van der Waals surface area contributed by atoms with Gasteiger partial charge in [0.25, 0.3) is 11.1 Å². The first-order valence-electron chi connectivity index (χ1n) is 12.2. The second-order valence-corrected chi connectivity index (χ2v) is 11.6. The van der Waals surface area contributed by atoms with Crippen LogP contribution in [-0.4, -0.2) is 35.1 Å². The average Bonchev–Trinajstić information content (AvgIpc) is 3.14. The lowest BCUT2D eigenvalue weighted by atomic mass is 10.1. The Hall–Kier alpha value is -2.98. The van der Waals surface area contributed by atoms with Gasteiger partial charge in [0, 0.05) is 21.3 Å². The summed E-state index contributed by atoms with van der Waals surface area (Å²) in [5.41, 5.74) is 3.81. The van der Waals surface area contributed by atoms with Gasteiger partial charge in [-0.15, -0.1) is 0 Å². The van der Waals surface area contributed by atoms with Gasteiger partial charge in [-0.2, -0.15) is 0 Å². The van der Waals surface area contributed by atoms with Crippen molar-refractivity contribution in [2.24, 2.45) is 0 Å². The van der Waals surface area contributed by atoms with Gasteiger partial charge in [0.05, 0.1) is 16.0 Å². The molecule has 0 aliphatic carbocycles. The van der Waals surface area contributed by atoms with Crippen molar-refractivity contribution in [2.45, 2.75) is 27.4 Å². The molecule has 1 fully saturated rings. The Morgan fingerprint density at radius 2 is 1.80 bits per heavy atom. The SMILES string of the molecule is CCOc1cc(/C=C2\SC(=O)N(CC(=O)Nc3c(C)cccc3C)C2=O)cc(Br)c1OCc1ccc(Cl)cc1Cl. The molecule has 1 heterocycles. The smallest absolute Gasteiger partial charge is 0.294 e. The van der Waals surface area contributed by atoms with E-state index in [1.54, 1.807) is 36.4 Å². The summed E-state index contributed by atoms with van der Waals surface area (Å²) >= 11 is 16.6. The molecule has 40 heavy (non-hydrogen) atoms. The summed E-state index contributed by atoms with van der Waals surface area (Å²) in [6.07, 6.45) is 1.58. The Labute approximate surface area is 254 Å². The third-order valence-corrected chi connectivity index (χ3v) is 8.02. The standard InChI is InChI=1S/C29H25BrCl2N2O5S/c1-4-38-23-11-18(10-21(30)27(23)39-15-19-8-9-20(31)13-22(19)32)12-24-28(36)34(29(37)40-24)14-25(35)33-26-16(2)6-5-7-17(26)3/h5-13H,4,14-15H2,1-3H3,(H,33,35)/b24-12-. The van der Waals surface area contributed by atoms with Crippen LogP contribution in [0.5, 0.6) is 11.5 Å². The molecule has 0 bridgehead atoms. The Morgan fingerprint density at radius 1 is 1.07 bits per heavy atom. The second-order valence-electron chi connectivity index (χ2n) is 8.87.